The van der Waals surface area contributed by atoms with Gasteiger partial charge in [-0.15, -0.1) is 0 Å². The standard InChI is InChI=1S/C26H29ClN2O/c1-2-5-23(26(30)29-21-14-12-20(27)13-15-21)19-10-8-18(9-11-19)22-16-17-28-25-7-4-3-6-24(22)25/h3-4,6-7,12-19,23H,2,5,8-11H2,1H3,(H,29,30). The zero-order valence-corrected chi connectivity index (χ0v) is 18.2. The number of nitrogens with one attached hydrogen (secondary N) is 1. The number of rotatable bonds is 6. The fourth-order valence-corrected chi connectivity index (χ4v) is 5.09. The summed E-state index contributed by atoms with van der Waals surface area (Å²) in [5.74, 6) is 1.22. The van der Waals surface area contributed by atoms with E-state index in [1.165, 1.54) is 10.9 Å². The minimum Gasteiger partial charge on any atom is -0.326 e. The number of hydrogen-bond donors (Lipinski definition) is 1. The third-order valence-corrected chi connectivity index (χ3v) is 6.76. The average molecular weight is 421 g/mol. The van der Waals surface area contributed by atoms with Gasteiger partial charge in [0.1, 0.15) is 0 Å². The highest BCUT2D eigenvalue weighted by Crippen LogP contribution is 2.41. The molecule has 1 atom stereocenters. The van der Waals surface area contributed by atoms with E-state index in [1.54, 1.807) is 0 Å². The maximum atomic E-state index is 13.1. The molecule has 0 radical (unpaired) electrons. The molecule has 2 aromatic carbocycles. The molecule has 30 heavy (non-hydrogen) atoms. The van der Waals surface area contributed by atoms with Crippen LogP contribution in [0, 0.1) is 11.8 Å². The van der Waals surface area contributed by atoms with E-state index in [1.807, 2.05) is 36.5 Å². The van der Waals surface area contributed by atoms with Crippen LogP contribution in [0.2, 0.25) is 5.02 Å². The normalized spacial score (nSPS) is 20.1. The zero-order chi connectivity index (χ0) is 20.9. The van der Waals surface area contributed by atoms with Gasteiger partial charge in [-0.1, -0.05) is 43.1 Å². The maximum Gasteiger partial charge on any atom is 0.227 e. The molecule has 0 aliphatic heterocycles. The summed E-state index contributed by atoms with van der Waals surface area (Å²) in [6, 6.07) is 18.0. The summed E-state index contributed by atoms with van der Waals surface area (Å²) in [5, 5.41) is 5.07. The lowest BCUT2D eigenvalue weighted by Gasteiger charge is -2.34. The number of nitrogens with zero attached hydrogens (tertiary/aromatic N) is 1. The predicted molar refractivity (Wildman–Crippen MR) is 125 cm³/mol. The molecule has 156 valence electrons. The molecular weight excluding hydrogens is 392 g/mol. The van der Waals surface area contributed by atoms with Crippen molar-refractivity contribution in [3.63, 3.8) is 0 Å². The van der Waals surface area contributed by atoms with Crippen molar-refractivity contribution in [3.05, 3.63) is 71.4 Å². The van der Waals surface area contributed by atoms with Gasteiger partial charge in [-0.25, -0.2) is 0 Å². The van der Waals surface area contributed by atoms with Crippen molar-refractivity contribution in [1.29, 1.82) is 0 Å². The summed E-state index contributed by atoms with van der Waals surface area (Å²) in [6.45, 7) is 2.16. The molecule has 3 nitrogen and oxygen atoms in total. The minimum atomic E-state index is 0.0702. The fourth-order valence-electron chi connectivity index (χ4n) is 4.97. The topological polar surface area (TPSA) is 42.0 Å². The second-order valence-corrected chi connectivity index (χ2v) is 8.86. The Morgan fingerprint density at radius 3 is 2.53 bits per heavy atom. The van der Waals surface area contributed by atoms with Crippen LogP contribution in [0.25, 0.3) is 10.9 Å². The number of aromatic nitrogens is 1. The van der Waals surface area contributed by atoms with Crippen LogP contribution in [0.3, 0.4) is 0 Å². The highest BCUT2D eigenvalue weighted by Gasteiger charge is 2.32. The van der Waals surface area contributed by atoms with Crippen LogP contribution >= 0.6 is 11.6 Å². The van der Waals surface area contributed by atoms with Crippen molar-refractivity contribution < 1.29 is 4.79 Å². The van der Waals surface area contributed by atoms with Crippen LogP contribution in [-0.4, -0.2) is 10.9 Å². The molecule has 0 saturated heterocycles. The fraction of sp³-hybridized carbons (Fsp3) is 0.385. The summed E-state index contributed by atoms with van der Waals surface area (Å²) in [5.41, 5.74) is 3.31. The number of carbonyl (C=O) groups excluding carboxylic acids is 1. The quantitative estimate of drug-likeness (QED) is 0.457. The third kappa shape index (κ3) is 4.67. The average Bonchev–Trinajstić information content (AvgIpc) is 2.79. The molecule has 0 spiro atoms. The Morgan fingerprint density at radius 2 is 1.80 bits per heavy atom. The van der Waals surface area contributed by atoms with E-state index < -0.39 is 0 Å². The Hall–Kier alpha value is -2.39. The van der Waals surface area contributed by atoms with Gasteiger partial charge in [0.15, 0.2) is 0 Å². The molecule has 1 saturated carbocycles. The Balaban J connectivity index is 1.44. The molecule has 1 aliphatic carbocycles. The van der Waals surface area contributed by atoms with Gasteiger partial charge in [-0.05, 0) is 85.9 Å². The van der Waals surface area contributed by atoms with Crippen molar-refractivity contribution in [3.8, 4) is 0 Å². The first-order valence-corrected chi connectivity index (χ1v) is 11.4. The monoisotopic (exact) mass is 420 g/mol. The first-order valence-electron chi connectivity index (χ1n) is 11.1. The number of carbonyl (C=O) groups is 1. The van der Waals surface area contributed by atoms with Gasteiger partial charge in [0, 0.05) is 28.2 Å². The number of halogens is 1. The van der Waals surface area contributed by atoms with E-state index in [4.69, 9.17) is 11.6 Å². The predicted octanol–water partition coefficient (Wildman–Crippen LogP) is 7.22. The van der Waals surface area contributed by atoms with Crippen molar-refractivity contribution in [2.24, 2.45) is 11.8 Å². The number of fused-ring (bicyclic) bond motifs is 1. The van der Waals surface area contributed by atoms with Gasteiger partial charge in [0.05, 0.1) is 5.52 Å². The molecule has 1 aliphatic rings. The van der Waals surface area contributed by atoms with E-state index in [-0.39, 0.29) is 11.8 Å². The van der Waals surface area contributed by atoms with Crippen LogP contribution in [0.4, 0.5) is 5.69 Å². The summed E-state index contributed by atoms with van der Waals surface area (Å²) >= 11 is 5.97. The van der Waals surface area contributed by atoms with Gasteiger partial charge in [0.25, 0.3) is 0 Å². The number of para-hydroxylation sites is 1. The lowest BCUT2D eigenvalue weighted by atomic mass is 9.72. The number of anilines is 1. The number of pyridine rings is 1. The molecule has 1 aromatic heterocycles. The van der Waals surface area contributed by atoms with E-state index in [0.29, 0.717) is 16.9 Å². The summed E-state index contributed by atoms with van der Waals surface area (Å²) in [6.07, 6.45) is 8.35. The van der Waals surface area contributed by atoms with E-state index >= 15 is 0 Å². The minimum absolute atomic E-state index is 0.0702. The van der Waals surface area contributed by atoms with E-state index in [9.17, 15) is 4.79 Å². The second kappa shape index (κ2) is 9.61. The van der Waals surface area contributed by atoms with E-state index in [0.717, 1.165) is 49.7 Å². The van der Waals surface area contributed by atoms with Gasteiger partial charge < -0.3 is 5.32 Å². The van der Waals surface area contributed by atoms with Crippen LogP contribution in [0.1, 0.15) is 56.9 Å². The molecule has 4 heteroatoms. The van der Waals surface area contributed by atoms with Gasteiger partial charge in [-0.2, -0.15) is 0 Å². The molecule has 1 fully saturated rings. The first kappa shape index (κ1) is 20.9. The Kier molecular flexibility index (Phi) is 6.69. The highest BCUT2D eigenvalue weighted by molar-refractivity contribution is 6.30. The van der Waals surface area contributed by atoms with Crippen LogP contribution in [0.5, 0.6) is 0 Å². The first-order chi connectivity index (χ1) is 14.7. The SMILES string of the molecule is CCCC(C(=O)Nc1ccc(Cl)cc1)C1CCC(c2ccnc3ccccc23)CC1. The lowest BCUT2D eigenvalue weighted by Crippen LogP contribution is -2.31. The number of amides is 1. The van der Waals surface area contributed by atoms with Crippen LogP contribution < -0.4 is 5.32 Å². The van der Waals surface area contributed by atoms with Gasteiger partial charge in [-0.3, -0.25) is 9.78 Å². The highest BCUT2D eigenvalue weighted by atomic mass is 35.5. The summed E-state index contributed by atoms with van der Waals surface area (Å²) in [7, 11) is 0. The molecule has 1 N–H and O–H groups in total. The van der Waals surface area contributed by atoms with Crippen molar-refractivity contribution >= 4 is 34.1 Å². The Bertz CT molecular complexity index is 988. The Labute approximate surface area is 183 Å². The second-order valence-electron chi connectivity index (χ2n) is 8.42. The zero-order valence-electron chi connectivity index (χ0n) is 17.5. The molecular formula is C26H29ClN2O. The van der Waals surface area contributed by atoms with Gasteiger partial charge in [0.2, 0.25) is 5.91 Å². The number of benzene rings is 2. The number of hydrogen-bond acceptors (Lipinski definition) is 2. The van der Waals surface area contributed by atoms with Crippen molar-refractivity contribution in [2.75, 3.05) is 5.32 Å². The van der Waals surface area contributed by atoms with Crippen molar-refractivity contribution in [2.45, 2.75) is 51.4 Å². The smallest absolute Gasteiger partial charge is 0.227 e. The molecule has 4 rings (SSSR count). The van der Waals surface area contributed by atoms with E-state index in [2.05, 4.69) is 41.5 Å². The molecule has 0 bridgehead atoms. The van der Waals surface area contributed by atoms with Crippen LogP contribution in [0.15, 0.2) is 60.8 Å². The molecule has 3 aromatic rings. The maximum absolute atomic E-state index is 13.1. The summed E-state index contributed by atoms with van der Waals surface area (Å²) in [4.78, 5) is 17.6. The molecule has 1 amide bonds. The summed E-state index contributed by atoms with van der Waals surface area (Å²) < 4.78 is 0. The molecule has 1 unspecified atom stereocenters. The third-order valence-electron chi connectivity index (χ3n) is 6.51. The molecule has 1 heterocycles. The van der Waals surface area contributed by atoms with Crippen molar-refractivity contribution in [1.82, 2.24) is 4.98 Å². The van der Waals surface area contributed by atoms with Crippen LogP contribution in [-0.2, 0) is 4.79 Å². The lowest BCUT2D eigenvalue weighted by molar-refractivity contribution is -0.122. The van der Waals surface area contributed by atoms with Gasteiger partial charge >= 0.3 is 0 Å². The Morgan fingerprint density at radius 1 is 1.07 bits per heavy atom. The largest absolute Gasteiger partial charge is 0.326 e.